The summed E-state index contributed by atoms with van der Waals surface area (Å²) in [5, 5.41) is 5.90. The molecule has 5 nitrogen and oxygen atoms in total. The van der Waals surface area contributed by atoms with Crippen molar-refractivity contribution in [1.82, 2.24) is 9.97 Å². The molecule has 0 saturated heterocycles. The summed E-state index contributed by atoms with van der Waals surface area (Å²) in [5.74, 6) is 0.173. The van der Waals surface area contributed by atoms with Crippen LogP contribution in [-0.4, -0.2) is 22.4 Å². The van der Waals surface area contributed by atoms with Gasteiger partial charge in [-0.1, -0.05) is 18.2 Å². The van der Waals surface area contributed by atoms with E-state index in [0.717, 1.165) is 22.5 Å². The van der Waals surface area contributed by atoms with E-state index in [2.05, 4.69) is 27.2 Å². The maximum atomic E-state index is 12.4. The summed E-state index contributed by atoms with van der Waals surface area (Å²) in [5.41, 5.74) is 3.96. The minimum absolute atomic E-state index is 0.249. The zero-order valence-corrected chi connectivity index (χ0v) is 13.1. The second-order valence-electron chi connectivity index (χ2n) is 5.16. The molecule has 0 unspecified atom stereocenters. The molecule has 0 atom stereocenters. The number of aryl methyl sites for hydroxylation is 3. The zero-order chi connectivity index (χ0) is 16.1. The molecule has 2 rings (SSSR count). The van der Waals surface area contributed by atoms with Crippen molar-refractivity contribution in [3.63, 3.8) is 0 Å². The van der Waals surface area contributed by atoms with Gasteiger partial charge in [-0.2, -0.15) is 0 Å². The minimum atomic E-state index is -0.249. The minimum Gasteiger partial charge on any atom is -0.351 e. The largest absolute Gasteiger partial charge is 0.351 e. The van der Waals surface area contributed by atoms with E-state index in [1.807, 2.05) is 39.0 Å². The molecule has 0 spiro atoms. The van der Waals surface area contributed by atoms with Crippen LogP contribution in [0.4, 0.5) is 11.6 Å². The van der Waals surface area contributed by atoms with Crippen molar-refractivity contribution in [3.05, 3.63) is 59.4 Å². The van der Waals surface area contributed by atoms with Crippen LogP contribution < -0.4 is 10.6 Å². The van der Waals surface area contributed by atoms with Gasteiger partial charge in [0.2, 0.25) is 5.95 Å². The molecule has 2 aromatic rings. The number of nitrogens with zero attached hydrogens (tertiary/aromatic N) is 2. The fraction of sp³-hybridized carbons (Fsp3) is 0.235. The molecule has 5 heteroatoms. The van der Waals surface area contributed by atoms with Gasteiger partial charge in [-0.15, -0.1) is 6.58 Å². The summed E-state index contributed by atoms with van der Waals surface area (Å²) in [4.78, 5) is 20.9. The Kier molecular flexibility index (Phi) is 4.88. The van der Waals surface area contributed by atoms with Gasteiger partial charge < -0.3 is 10.6 Å². The van der Waals surface area contributed by atoms with E-state index in [1.165, 1.54) is 0 Å². The van der Waals surface area contributed by atoms with Crippen LogP contribution in [0.1, 0.15) is 27.3 Å². The lowest BCUT2D eigenvalue weighted by molar-refractivity contribution is 0.102. The number of carbonyl (C=O) groups excluding carboxylic acids is 1. The summed E-state index contributed by atoms with van der Waals surface area (Å²) >= 11 is 0. The van der Waals surface area contributed by atoms with Gasteiger partial charge in [-0.3, -0.25) is 4.79 Å². The van der Waals surface area contributed by atoms with Crippen LogP contribution in [-0.2, 0) is 0 Å². The number of hydrogen-bond acceptors (Lipinski definition) is 4. The summed E-state index contributed by atoms with van der Waals surface area (Å²) in [7, 11) is 0. The van der Waals surface area contributed by atoms with Gasteiger partial charge in [0.1, 0.15) is 5.69 Å². The van der Waals surface area contributed by atoms with Gasteiger partial charge in [-0.05, 0) is 44.0 Å². The first-order valence-electron chi connectivity index (χ1n) is 7.08. The number of benzene rings is 1. The molecule has 0 saturated carbocycles. The average Bonchev–Trinajstić information content (AvgIpc) is 2.48. The number of rotatable bonds is 5. The first-order valence-corrected chi connectivity index (χ1v) is 7.08. The molecule has 0 radical (unpaired) electrons. The lowest BCUT2D eigenvalue weighted by Crippen LogP contribution is -2.16. The summed E-state index contributed by atoms with van der Waals surface area (Å²) in [6.45, 7) is 9.95. The van der Waals surface area contributed by atoms with E-state index < -0.39 is 0 Å². The summed E-state index contributed by atoms with van der Waals surface area (Å²) in [6, 6.07) is 7.60. The summed E-state index contributed by atoms with van der Waals surface area (Å²) in [6.07, 6.45) is 1.71. The van der Waals surface area contributed by atoms with Crippen molar-refractivity contribution in [1.29, 1.82) is 0 Å². The topological polar surface area (TPSA) is 66.9 Å². The second-order valence-corrected chi connectivity index (χ2v) is 5.16. The maximum Gasteiger partial charge on any atom is 0.274 e. The van der Waals surface area contributed by atoms with Gasteiger partial charge in [-0.25, -0.2) is 9.97 Å². The van der Waals surface area contributed by atoms with Crippen molar-refractivity contribution in [2.45, 2.75) is 20.8 Å². The van der Waals surface area contributed by atoms with E-state index >= 15 is 0 Å². The maximum absolute atomic E-state index is 12.4. The smallest absolute Gasteiger partial charge is 0.274 e. The molecule has 0 aliphatic heterocycles. The first kappa shape index (κ1) is 15.7. The van der Waals surface area contributed by atoms with Gasteiger partial charge in [0.05, 0.1) is 0 Å². The summed E-state index contributed by atoms with van der Waals surface area (Å²) < 4.78 is 0. The Balaban J connectivity index is 2.23. The Morgan fingerprint density at radius 3 is 2.73 bits per heavy atom. The monoisotopic (exact) mass is 296 g/mol. The van der Waals surface area contributed by atoms with Crippen LogP contribution >= 0.6 is 0 Å². The Labute approximate surface area is 130 Å². The molecule has 1 heterocycles. The van der Waals surface area contributed by atoms with Crippen molar-refractivity contribution in [2.24, 2.45) is 0 Å². The SMILES string of the molecule is C=CCNc1nc(C)cc(C(=O)Nc2cc(C)ccc2C)n1. The highest BCUT2D eigenvalue weighted by atomic mass is 16.1. The van der Waals surface area contributed by atoms with Crippen LogP contribution in [0.3, 0.4) is 0 Å². The number of nitrogens with one attached hydrogen (secondary N) is 2. The van der Waals surface area contributed by atoms with E-state index in [-0.39, 0.29) is 5.91 Å². The van der Waals surface area contributed by atoms with Crippen molar-refractivity contribution in [2.75, 3.05) is 17.2 Å². The van der Waals surface area contributed by atoms with E-state index in [9.17, 15) is 4.79 Å². The number of hydrogen-bond donors (Lipinski definition) is 2. The zero-order valence-electron chi connectivity index (χ0n) is 13.1. The normalized spacial score (nSPS) is 10.1. The highest BCUT2D eigenvalue weighted by molar-refractivity contribution is 6.03. The van der Waals surface area contributed by atoms with Crippen LogP contribution in [0.25, 0.3) is 0 Å². The molecule has 0 aliphatic carbocycles. The number of anilines is 2. The molecule has 0 aliphatic rings. The Morgan fingerprint density at radius 2 is 2.00 bits per heavy atom. The fourth-order valence-corrected chi connectivity index (χ4v) is 1.98. The lowest BCUT2D eigenvalue weighted by atomic mass is 10.1. The third-order valence-corrected chi connectivity index (χ3v) is 3.13. The van der Waals surface area contributed by atoms with Crippen molar-refractivity contribution in [3.8, 4) is 0 Å². The lowest BCUT2D eigenvalue weighted by Gasteiger charge is -2.10. The highest BCUT2D eigenvalue weighted by Crippen LogP contribution is 2.17. The molecule has 2 N–H and O–H groups in total. The predicted molar refractivity (Wildman–Crippen MR) is 89.3 cm³/mol. The molecule has 1 aromatic heterocycles. The van der Waals surface area contributed by atoms with Crippen LogP contribution in [0.2, 0.25) is 0 Å². The van der Waals surface area contributed by atoms with Crippen molar-refractivity contribution < 1.29 is 4.79 Å². The van der Waals surface area contributed by atoms with Gasteiger partial charge in [0, 0.05) is 17.9 Å². The quantitative estimate of drug-likeness (QED) is 0.831. The number of carbonyl (C=O) groups is 1. The van der Waals surface area contributed by atoms with Gasteiger partial charge in [0.15, 0.2) is 0 Å². The van der Waals surface area contributed by atoms with Crippen LogP contribution in [0.15, 0.2) is 36.9 Å². The fourth-order valence-electron chi connectivity index (χ4n) is 1.98. The Bertz CT molecular complexity index is 710. The van der Waals surface area contributed by atoms with Gasteiger partial charge >= 0.3 is 0 Å². The Hall–Kier alpha value is -2.69. The molecule has 1 aromatic carbocycles. The molecule has 0 bridgehead atoms. The van der Waals surface area contributed by atoms with E-state index in [0.29, 0.717) is 18.2 Å². The van der Waals surface area contributed by atoms with E-state index in [1.54, 1.807) is 12.1 Å². The molecule has 0 fully saturated rings. The average molecular weight is 296 g/mol. The molecule has 114 valence electrons. The molecular weight excluding hydrogens is 276 g/mol. The third-order valence-electron chi connectivity index (χ3n) is 3.13. The van der Waals surface area contributed by atoms with E-state index in [4.69, 9.17) is 0 Å². The molecule has 22 heavy (non-hydrogen) atoms. The Morgan fingerprint density at radius 1 is 1.23 bits per heavy atom. The number of amides is 1. The highest BCUT2D eigenvalue weighted by Gasteiger charge is 2.12. The standard InChI is InChI=1S/C17H20N4O/c1-5-8-18-17-19-13(4)10-15(21-17)16(22)20-14-9-11(2)6-7-12(14)3/h5-7,9-10H,1,8H2,2-4H3,(H,20,22)(H,18,19,21). The number of aromatic nitrogens is 2. The molecular formula is C17H20N4O. The van der Waals surface area contributed by atoms with Crippen LogP contribution in [0, 0.1) is 20.8 Å². The van der Waals surface area contributed by atoms with Crippen molar-refractivity contribution >= 4 is 17.5 Å². The second kappa shape index (κ2) is 6.85. The van der Waals surface area contributed by atoms with Gasteiger partial charge in [0.25, 0.3) is 5.91 Å². The van der Waals surface area contributed by atoms with Crippen LogP contribution in [0.5, 0.6) is 0 Å². The first-order chi connectivity index (χ1) is 10.5. The predicted octanol–water partition coefficient (Wildman–Crippen LogP) is 3.25. The third kappa shape index (κ3) is 3.91. The molecule has 1 amide bonds.